The van der Waals surface area contributed by atoms with Gasteiger partial charge in [-0.25, -0.2) is 0 Å². The van der Waals surface area contributed by atoms with Crippen LogP contribution in [-0.4, -0.2) is 38.0 Å². The van der Waals surface area contributed by atoms with Crippen LogP contribution in [0.4, 0.5) is 0 Å². The number of hydrogen-bond donors (Lipinski definition) is 1. The third-order valence-corrected chi connectivity index (χ3v) is 4.76. The lowest BCUT2D eigenvalue weighted by molar-refractivity contribution is 0.0705. The molecule has 0 saturated heterocycles. The zero-order chi connectivity index (χ0) is 19.5. The number of pyridine rings is 1. The summed E-state index contributed by atoms with van der Waals surface area (Å²) in [5.41, 5.74) is 3.70. The van der Waals surface area contributed by atoms with Gasteiger partial charge in [-0.1, -0.05) is 30.3 Å². The average molecular weight is 375 g/mol. The molecule has 0 fully saturated rings. The molecule has 3 aromatic rings. The Bertz CT molecular complexity index is 1010. The first-order chi connectivity index (χ1) is 13.6. The molecule has 1 N–H and O–H groups in total. The van der Waals surface area contributed by atoms with Crippen LogP contribution < -0.4 is 5.32 Å². The SMILES string of the molecule is Cc1cc(C(=O)N2CCn3nc(C(=O)NCc4ccccc4)cc3C2)ccn1. The van der Waals surface area contributed by atoms with E-state index < -0.39 is 0 Å². The molecule has 28 heavy (non-hydrogen) atoms. The van der Waals surface area contributed by atoms with E-state index in [2.05, 4.69) is 15.4 Å². The summed E-state index contributed by atoms with van der Waals surface area (Å²) in [4.78, 5) is 31.1. The average Bonchev–Trinajstić information content (AvgIpc) is 3.15. The van der Waals surface area contributed by atoms with Crippen molar-refractivity contribution in [3.63, 3.8) is 0 Å². The summed E-state index contributed by atoms with van der Waals surface area (Å²) in [5.74, 6) is -0.249. The van der Waals surface area contributed by atoms with Crippen molar-refractivity contribution in [1.82, 2.24) is 25.0 Å². The van der Waals surface area contributed by atoms with Crippen molar-refractivity contribution in [1.29, 1.82) is 0 Å². The van der Waals surface area contributed by atoms with E-state index in [-0.39, 0.29) is 11.8 Å². The maximum atomic E-state index is 12.8. The van der Waals surface area contributed by atoms with E-state index in [1.54, 1.807) is 34.0 Å². The number of benzene rings is 1. The van der Waals surface area contributed by atoms with E-state index in [9.17, 15) is 9.59 Å². The first-order valence-electron chi connectivity index (χ1n) is 9.21. The largest absolute Gasteiger partial charge is 0.347 e. The number of amides is 2. The van der Waals surface area contributed by atoms with Gasteiger partial charge in [-0.15, -0.1) is 0 Å². The molecular weight excluding hydrogens is 354 g/mol. The van der Waals surface area contributed by atoms with Crippen LogP contribution in [0.1, 0.15) is 37.8 Å². The van der Waals surface area contributed by atoms with Gasteiger partial charge in [-0.05, 0) is 30.7 Å². The van der Waals surface area contributed by atoms with Crippen LogP contribution >= 0.6 is 0 Å². The van der Waals surface area contributed by atoms with E-state index in [1.165, 1.54) is 0 Å². The number of aryl methyl sites for hydroxylation is 1. The Balaban J connectivity index is 1.43. The first kappa shape index (κ1) is 17.9. The van der Waals surface area contributed by atoms with Crippen molar-refractivity contribution in [2.24, 2.45) is 0 Å². The summed E-state index contributed by atoms with van der Waals surface area (Å²) in [6.07, 6.45) is 1.64. The van der Waals surface area contributed by atoms with E-state index in [4.69, 9.17) is 0 Å². The molecule has 2 amide bonds. The molecule has 3 heterocycles. The van der Waals surface area contributed by atoms with Gasteiger partial charge in [0.15, 0.2) is 5.69 Å². The molecule has 0 saturated carbocycles. The summed E-state index contributed by atoms with van der Waals surface area (Å²) in [6.45, 7) is 3.87. The Morgan fingerprint density at radius 2 is 1.93 bits per heavy atom. The monoisotopic (exact) mass is 375 g/mol. The van der Waals surface area contributed by atoms with Gasteiger partial charge in [0.05, 0.1) is 18.8 Å². The van der Waals surface area contributed by atoms with Crippen LogP contribution in [0.3, 0.4) is 0 Å². The Kier molecular flexibility index (Phi) is 4.89. The number of fused-ring (bicyclic) bond motifs is 1. The highest BCUT2D eigenvalue weighted by atomic mass is 16.2. The predicted octanol–water partition coefficient (Wildman–Crippen LogP) is 2.17. The van der Waals surface area contributed by atoms with Crippen LogP contribution in [0, 0.1) is 6.92 Å². The van der Waals surface area contributed by atoms with Crippen LogP contribution in [0.15, 0.2) is 54.7 Å². The number of nitrogens with one attached hydrogen (secondary N) is 1. The summed E-state index contributed by atoms with van der Waals surface area (Å²) < 4.78 is 1.80. The molecule has 0 radical (unpaired) electrons. The van der Waals surface area contributed by atoms with Gasteiger partial charge >= 0.3 is 0 Å². The fourth-order valence-corrected chi connectivity index (χ4v) is 3.28. The number of carbonyl (C=O) groups excluding carboxylic acids is 2. The van der Waals surface area contributed by atoms with Gasteiger partial charge < -0.3 is 10.2 Å². The number of carbonyl (C=O) groups is 2. The summed E-state index contributed by atoms with van der Waals surface area (Å²) in [6, 6.07) is 15.0. The Hall–Kier alpha value is -3.48. The van der Waals surface area contributed by atoms with E-state index in [0.717, 1.165) is 17.0 Å². The van der Waals surface area contributed by atoms with Crippen LogP contribution in [-0.2, 0) is 19.6 Å². The standard InChI is InChI=1S/C21H21N5O2/c1-15-11-17(7-8-22-15)21(28)25-9-10-26-18(14-25)12-19(24-26)20(27)23-13-16-5-3-2-4-6-16/h2-8,11-12H,9-10,13-14H2,1H3,(H,23,27). The van der Waals surface area contributed by atoms with Gasteiger partial charge in [0.1, 0.15) is 0 Å². The fourth-order valence-electron chi connectivity index (χ4n) is 3.28. The molecule has 1 aromatic carbocycles. The Morgan fingerprint density at radius 1 is 1.11 bits per heavy atom. The highest BCUT2D eigenvalue weighted by Gasteiger charge is 2.24. The number of rotatable bonds is 4. The molecule has 142 valence electrons. The Morgan fingerprint density at radius 3 is 2.71 bits per heavy atom. The highest BCUT2D eigenvalue weighted by molar-refractivity contribution is 5.94. The fraction of sp³-hybridized carbons (Fsp3) is 0.238. The van der Waals surface area contributed by atoms with Crippen molar-refractivity contribution in [3.8, 4) is 0 Å². The number of aromatic nitrogens is 3. The second kappa shape index (κ2) is 7.64. The molecule has 0 aliphatic carbocycles. The summed E-state index contributed by atoms with van der Waals surface area (Å²) in [7, 11) is 0. The maximum absolute atomic E-state index is 12.8. The predicted molar refractivity (Wildman–Crippen MR) is 104 cm³/mol. The molecule has 2 aromatic heterocycles. The first-order valence-corrected chi connectivity index (χ1v) is 9.21. The van der Waals surface area contributed by atoms with Crippen molar-refractivity contribution < 1.29 is 9.59 Å². The minimum Gasteiger partial charge on any atom is -0.347 e. The topological polar surface area (TPSA) is 80.1 Å². The molecule has 0 atom stereocenters. The minimum absolute atomic E-state index is 0.0342. The molecule has 0 unspecified atom stereocenters. The maximum Gasteiger partial charge on any atom is 0.272 e. The van der Waals surface area contributed by atoms with E-state index in [1.807, 2.05) is 37.3 Å². The summed E-state index contributed by atoms with van der Waals surface area (Å²) in [5, 5.41) is 7.29. The third-order valence-electron chi connectivity index (χ3n) is 4.76. The highest BCUT2D eigenvalue weighted by Crippen LogP contribution is 2.17. The summed E-state index contributed by atoms with van der Waals surface area (Å²) >= 11 is 0. The van der Waals surface area contributed by atoms with Gasteiger partial charge in [0.2, 0.25) is 0 Å². The minimum atomic E-state index is -0.214. The Labute approximate surface area is 163 Å². The van der Waals surface area contributed by atoms with Crippen LogP contribution in [0.2, 0.25) is 0 Å². The molecular formula is C21H21N5O2. The van der Waals surface area contributed by atoms with Gasteiger partial charge in [-0.2, -0.15) is 5.10 Å². The smallest absolute Gasteiger partial charge is 0.272 e. The molecule has 7 heteroatoms. The van der Waals surface area contributed by atoms with Crippen molar-refractivity contribution in [3.05, 3.63) is 82.9 Å². The molecule has 4 rings (SSSR count). The lowest BCUT2D eigenvalue weighted by Crippen LogP contribution is -2.38. The van der Waals surface area contributed by atoms with Crippen molar-refractivity contribution in [2.45, 2.75) is 26.6 Å². The second-order valence-electron chi connectivity index (χ2n) is 6.82. The van der Waals surface area contributed by atoms with Crippen LogP contribution in [0.5, 0.6) is 0 Å². The van der Waals surface area contributed by atoms with Crippen LogP contribution in [0.25, 0.3) is 0 Å². The van der Waals surface area contributed by atoms with Gasteiger partial charge in [0, 0.05) is 30.5 Å². The van der Waals surface area contributed by atoms with Crippen molar-refractivity contribution >= 4 is 11.8 Å². The lowest BCUT2D eigenvalue weighted by atomic mass is 10.2. The molecule has 1 aliphatic heterocycles. The van der Waals surface area contributed by atoms with Crippen molar-refractivity contribution in [2.75, 3.05) is 6.54 Å². The molecule has 7 nitrogen and oxygen atoms in total. The number of hydrogen-bond acceptors (Lipinski definition) is 4. The molecule has 1 aliphatic rings. The van der Waals surface area contributed by atoms with E-state index in [0.29, 0.717) is 37.4 Å². The molecule has 0 spiro atoms. The second-order valence-corrected chi connectivity index (χ2v) is 6.82. The van der Waals surface area contributed by atoms with Gasteiger partial charge in [-0.3, -0.25) is 19.3 Å². The molecule has 0 bridgehead atoms. The number of nitrogens with zero attached hydrogens (tertiary/aromatic N) is 4. The van der Waals surface area contributed by atoms with E-state index >= 15 is 0 Å². The third kappa shape index (κ3) is 3.78. The quantitative estimate of drug-likeness (QED) is 0.758. The lowest BCUT2D eigenvalue weighted by Gasteiger charge is -2.27. The van der Waals surface area contributed by atoms with Gasteiger partial charge in [0.25, 0.3) is 11.8 Å². The zero-order valence-electron chi connectivity index (χ0n) is 15.6. The normalized spacial score (nSPS) is 13.1. The zero-order valence-corrected chi connectivity index (χ0v) is 15.6.